The van der Waals surface area contributed by atoms with Crippen LogP contribution in [0.5, 0.6) is 0 Å². The summed E-state index contributed by atoms with van der Waals surface area (Å²) in [4.78, 5) is 11.5. The molecule has 0 heterocycles. The molecule has 1 N–H and O–H groups in total. The fraction of sp³-hybridized carbons (Fsp3) is 0.542. The molecule has 3 nitrogen and oxygen atoms in total. The van der Waals surface area contributed by atoms with Gasteiger partial charge in [-0.25, -0.2) is 4.39 Å². The molecule has 1 rings (SSSR count). The summed E-state index contributed by atoms with van der Waals surface area (Å²) in [6, 6.07) is 1.38. The Morgan fingerprint density at radius 2 is 1.53 bits per heavy atom. The lowest BCUT2D eigenvalue weighted by molar-refractivity contribution is -0.143. The molecule has 0 radical (unpaired) electrons. The summed E-state index contributed by atoms with van der Waals surface area (Å²) in [7, 11) is 0. The summed E-state index contributed by atoms with van der Waals surface area (Å²) in [5, 5.41) is 2.64. The van der Waals surface area contributed by atoms with Gasteiger partial charge < -0.3 is 10.1 Å². The molecule has 0 aliphatic carbocycles. The molecule has 1 aromatic carbocycles. The van der Waals surface area contributed by atoms with Crippen molar-refractivity contribution in [1.29, 1.82) is 0 Å². The second-order valence-corrected chi connectivity index (χ2v) is 8.23. The molecule has 1 aromatic rings. The zero-order valence-electron chi connectivity index (χ0n) is 19.2. The van der Waals surface area contributed by atoms with E-state index in [-0.39, 0.29) is 30.8 Å². The van der Waals surface area contributed by atoms with E-state index in [4.69, 9.17) is 4.74 Å². The van der Waals surface area contributed by atoms with E-state index in [1.165, 1.54) is 6.08 Å². The Morgan fingerprint density at radius 1 is 0.941 bits per heavy atom. The van der Waals surface area contributed by atoms with Crippen molar-refractivity contribution in [3.05, 3.63) is 58.9 Å². The van der Waals surface area contributed by atoms with E-state index in [0.717, 1.165) is 18.6 Å². The van der Waals surface area contributed by atoms with Crippen LogP contribution in [0, 0.1) is 5.92 Å². The molecule has 10 heteroatoms. The van der Waals surface area contributed by atoms with Crippen molar-refractivity contribution in [3.63, 3.8) is 0 Å². The lowest BCUT2D eigenvalue weighted by atomic mass is 10.1. The highest BCUT2D eigenvalue weighted by Crippen LogP contribution is 2.36. The second-order valence-electron chi connectivity index (χ2n) is 8.23. The fourth-order valence-corrected chi connectivity index (χ4v) is 2.82. The number of ether oxygens (including phenoxy) is 1. The first-order valence-corrected chi connectivity index (χ1v) is 11.0. The van der Waals surface area contributed by atoms with Crippen LogP contribution >= 0.6 is 0 Å². The SMILES string of the molecule is CC(C)CNC(=O)/C=C/C(F)=C/CCCCCCOCc1cc(C(F)(F)F)cc(C(F)(F)F)c1. The molecule has 0 saturated heterocycles. The summed E-state index contributed by atoms with van der Waals surface area (Å²) in [5.74, 6) is -0.578. The zero-order valence-corrected chi connectivity index (χ0v) is 19.2. The molecule has 0 spiro atoms. The largest absolute Gasteiger partial charge is 0.416 e. The van der Waals surface area contributed by atoms with Crippen LogP contribution in [0.3, 0.4) is 0 Å². The van der Waals surface area contributed by atoms with E-state index in [0.29, 0.717) is 50.3 Å². The first-order chi connectivity index (χ1) is 15.8. The Balaban J connectivity index is 2.31. The number of halogens is 7. The summed E-state index contributed by atoms with van der Waals surface area (Å²) >= 11 is 0. The smallest absolute Gasteiger partial charge is 0.377 e. The first kappa shape index (κ1) is 29.7. The van der Waals surface area contributed by atoms with Crippen LogP contribution in [0.1, 0.15) is 62.6 Å². The third-order valence-electron chi connectivity index (χ3n) is 4.58. The first-order valence-electron chi connectivity index (χ1n) is 11.0. The third-order valence-corrected chi connectivity index (χ3v) is 4.58. The monoisotopic (exact) mass is 497 g/mol. The number of carbonyl (C=O) groups excluding carboxylic acids is 1. The van der Waals surface area contributed by atoms with E-state index in [1.54, 1.807) is 0 Å². The number of hydrogen-bond donors (Lipinski definition) is 1. The molecule has 34 heavy (non-hydrogen) atoms. The molecule has 192 valence electrons. The number of rotatable bonds is 13. The van der Waals surface area contributed by atoms with Crippen LogP contribution < -0.4 is 5.32 Å². The van der Waals surface area contributed by atoms with Crippen LogP contribution in [-0.2, 0) is 28.5 Å². The Morgan fingerprint density at radius 3 is 2.09 bits per heavy atom. The minimum absolute atomic E-state index is 0.0816. The number of unbranched alkanes of at least 4 members (excludes halogenated alkanes) is 4. The zero-order chi connectivity index (χ0) is 25.8. The number of alkyl halides is 6. The maximum atomic E-state index is 13.6. The van der Waals surface area contributed by atoms with Crippen molar-refractivity contribution >= 4 is 5.91 Å². The summed E-state index contributed by atoms with van der Waals surface area (Å²) in [6.45, 7) is 4.21. The number of nitrogens with one attached hydrogen (secondary N) is 1. The molecule has 1 amide bonds. The van der Waals surface area contributed by atoms with Crippen LogP contribution in [0.2, 0.25) is 0 Å². The van der Waals surface area contributed by atoms with Crippen LogP contribution in [0.4, 0.5) is 30.7 Å². The number of amides is 1. The van der Waals surface area contributed by atoms with Gasteiger partial charge in [-0.1, -0.05) is 26.7 Å². The molecule has 0 aliphatic rings. The molecule has 0 fully saturated rings. The number of allylic oxidation sites excluding steroid dienone is 3. The number of benzene rings is 1. The Kier molecular flexibility index (Phi) is 12.3. The van der Waals surface area contributed by atoms with Gasteiger partial charge in [-0.3, -0.25) is 4.79 Å². The number of hydrogen-bond acceptors (Lipinski definition) is 2. The van der Waals surface area contributed by atoms with E-state index in [9.17, 15) is 35.5 Å². The van der Waals surface area contributed by atoms with Crippen molar-refractivity contribution in [1.82, 2.24) is 5.32 Å². The average Bonchev–Trinajstić information content (AvgIpc) is 2.73. The average molecular weight is 497 g/mol. The molecule has 0 bridgehead atoms. The topological polar surface area (TPSA) is 38.3 Å². The molecular formula is C24H30F7NO2. The van der Waals surface area contributed by atoms with Crippen molar-refractivity contribution in [3.8, 4) is 0 Å². The van der Waals surface area contributed by atoms with E-state index in [1.807, 2.05) is 13.8 Å². The third kappa shape index (κ3) is 12.8. The van der Waals surface area contributed by atoms with Gasteiger partial charge in [0.2, 0.25) is 5.91 Å². The maximum Gasteiger partial charge on any atom is 0.416 e. The van der Waals surface area contributed by atoms with E-state index >= 15 is 0 Å². The summed E-state index contributed by atoms with van der Waals surface area (Å²) in [6.07, 6.45) is -3.01. The van der Waals surface area contributed by atoms with Crippen LogP contribution in [0.25, 0.3) is 0 Å². The molecule has 0 aromatic heterocycles. The standard InChI is InChI=1S/C24H30F7NO2/c1-17(2)15-32-22(33)10-9-21(25)8-6-4-3-5-7-11-34-16-18-12-19(23(26,27)28)14-20(13-18)24(29,30)31/h8-10,12-14,17H,3-7,11,15-16H2,1-2H3,(H,32,33)/b10-9+,21-8-. The minimum atomic E-state index is -4.89. The lowest BCUT2D eigenvalue weighted by Gasteiger charge is -2.14. The highest BCUT2D eigenvalue weighted by Gasteiger charge is 2.36. The van der Waals surface area contributed by atoms with Gasteiger partial charge in [0.15, 0.2) is 0 Å². The summed E-state index contributed by atoms with van der Waals surface area (Å²) in [5.41, 5.74) is -2.94. The summed E-state index contributed by atoms with van der Waals surface area (Å²) < 4.78 is 96.0. The van der Waals surface area contributed by atoms with Crippen molar-refractivity contribution < 1.29 is 40.3 Å². The predicted octanol–water partition coefficient (Wildman–Crippen LogP) is 7.37. The van der Waals surface area contributed by atoms with Gasteiger partial charge in [0.05, 0.1) is 17.7 Å². The van der Waals surface area contributed by atoms with Gasteiger partial charge in [0, 0.05) is 19.2 Å². The molecule has 0 aliphatic heterocycles. The Labute approximate surface area is 195 Å². The molecule has 0 unspecified atom stereocenters. The Bertz CT molecular complexity index is 795. The van der Waals surface area contributed by atoms with Gasteiger partial charge in [-0.05, 0) is 61.1 Å². The second kappa shape index (κ2) is 14.1. The molecular weight excluding hydrogens is 467 g/mol. The lowest BCUT2D eigenvalue weighted by Crippen LogP contribution is -2.25. The van der Waals surface area contributed by atoms with Gasteiger partial charge in [0.25, 0.3) is 0 Å². The van der Waals surface area contributed by atoms with Gasteiger partial charge >= 0.3 is 12.4 Å². The van der Waals surface area contributed by atoms with Crippen LogP contribution in [-0.4, -0.2) is 19.1 Å². The normalized spacial score (nSPS) is 13.2. The highest BCUT2D eigenvalue weighted by molar-refractivity contribution is 5.87. The van der Waals surface area contributed by atoms with E-state index < -0.39 is 29.3 Å². The van der Waals surface area contributed by atoms with Crippen molar-refractivity contribution in [2.75, 3.05) is 13.2 Å². The number of carbonyl (C=O) groups is 1. The Hall–Kier alpha value is -2.36. The minimum Gasteiger partial charge on any atom is -0.377 e. The van der Waals surface area contributed by atoms with Crippen molar-refractivity contribution in [2.45, 2.75) is 64.9 Å². The molecule has 0 saturated carbocycles. The van der Waals surface area contributed by atoms with Gasteiger partial charge in [0.1, 0.15) is 5.83 Å². The van der Waals surface area contributed by atoms with E-state index in [2.05, 4.69) is 5.32 Å². The quantitative estimate of drug-likeness (QED) is 0.134. The predicted molar refractivity (Wildman–Crippen MR) is 115 cm³/mol. The van der Waals surface area contributed by atoms with Crippen molar-refractivity contribution in [2.24, 2.45) is 5.92 Å². The highest BCUT2D eigenvalue weighted by atomic mass is 19.4. The van der Waals surface area contributed by atoms with Gasteiger partial charge in [-0.15, -0.1) is 0 Å². The molecule has 0 atom stereocenters. The fourth-order valence-electron chi connectivity index (χ4n) is 2.82. The van der Waals surface area contributed by atoms with Gasteiger partial charge in [-0.2, -0.15) is 26.3 Å². The van der Waals surface area contributed by atoms with Crippen LogP contribution in [0.15, 0.2) is 42.3 Å². The maximum absolute atomic E-state index is 13.6.